The van der Waals surface area contributed by atoms with Gasteiger partial charge in [0.05, 0.1) is 17.1 Å². The number of hydrogen-bond acceptors (Lipinski definition) is 5. The summed E-state index contributed by atoms with van der Waals surface area (Å²) in [4.78, 5) is 6.61. The number of guanidine groups is 1. The van der Waals surface area contributed by atoms with E-state index in [1.54, 1.807) is 27.2 Å². The van der Waals surface area contributed by atoms with E-state index >= 15 is 0 Å². The molecule has 7 nitrogen and oxygen atoms in total. The summed E-state index contributed by atoms with van der Waals surface area (Å²) in [5, 5.41) is 6.42. The number of sulfone groups is 1. The van der Waals surface area contributed by atoms with Gasteiger partial charge in [0.15, 0.2) is 15.8 Å². The van der Waals surface area contributed by atoms with Gasteiger partial charge in [-0.3, -0.25) is 9.89 Å². The Morgan fingerprint density at radius 1 is 1.35 bits per heavy atom. The molecule has 0 spiro atoms. The van der Waals surface area contributed by atoms with Gasteiger partial charge in [0, 0.05) is 26.4 Å². The zero-order valence-electron chi connectivity index (χ0n) is 16.0. The molecule has 1 aromatic rings. The average molecular weight is 498 g/mol. The Morgan fingerprint density at radius 2 is 2.00 bits per heavy atom. The molecule has 0 amide bonds. The molecule has 1 aliphatic rings. The van der Waals surface area contributed by atoms with E-state index < -0.39 is 14.6 Å². The van der Waals surface area contributed by atoms with Gasteiger partial charge in [-0.05, 0) is 51.9 Å². The normalized spacial score (nSPS) is 17.6. The molecule has 0 radical (unpaired) electrons. The first kappa shape index (κ1) is 23.2. The summed E-state index contributed by atoms with van der Waals surface area (Å²) < 4.78 is 28.4. The van der Waals surface area contributed by atoms with E-state index in [0.29, 0.717) is 19.0 Å². The van der Waals surface area contributed by atoms with E-state index in [2.05, 4.69) is 20.5 Å². The minimum Gasteiger partial charge on any atom is -0.468 e. The maximum atomic E-state index is 11.8. The van der Waals surface area contributed by atoms with Crippen molar-refractivity contribution in [2.24, 2.45) is 4.99 Å². The lowest BCUT2D eigenvalue weighted by molar-refractivity contribution is 0.215. The van der Waals surface area contributed by atoms with E-state index in [4.69, 9.17) is 4.42 Å². The number of likely N-dealkylation sites (tertiary alicyclic amines) is 1. The lowest BCUT2D eigenvalue weighted by atomic mass is 10.2. The number of hydrogen-bond donors (Lipinski definition) is 2. The number of aliphatic imine (C=N–C) groups is 1. The Morgan fingerprint density at radius 3 is 2.50 bits per heavy atom. The van der Waals surface area contributed by atoms with E-state index in [1.807, 2.05) is 12.1 Å². The Labute approximate surface area is 173 Å². The highest BCUT2D eigenvalue weighted by atomic mass is 127. The van der Waals surface area contributed by atoms with Crippen LogP contribution in [0.1, 0.15) is 38.5 Å². The van der Waals surface area contributed by atoms with Crippen LogP contribution in [0.3, 0.4) is 0 Å². The minimum atomic E-state index is -3.15. The zero-order chi connectivity index (χ0) is 18.5. The van der Waals surface area contributed by atoms with Crippen molar-refractivity contribution < 1.29 is 12.8 Å². The standard InChI is InChI=1S/C17H30N4O3S.HI/c1-17(2,25(4,22)23)13-20-16(18-3)19-12-14(15-8-7-11-24-15)21-9-5-6-10-21;/h7-8,11,14H,5-6,9-10,12-13H2,1-4H3,(H2,18,19,20);1H. The Hall–Kier alpha value is -0.810. The van der Waals surface area contributed by atoms with Crippen LogP contribution in [-0.2, 0) is 9.84 Å². The van der Waals surface area contributed by atoms with Crippen LogP contribution in [0.4, 0.5) is 0 Å². The van der Waals surface area contributed by atoms with Crippen LogP contribution in [0.2, 0.25) is 0 Å². The quantitative estimate of drug-likeness (QED) is 0.340. The van der Waals surface area contributed by atoms with Gasteiger partial charge in [-0.15, -0.1) is 24.0 Å². The summed E-state index contributed by atoms with van der Waals surface area (Å²) in [5.74, 6) is 1.52. The van der Waals surface area contributed by atoms with Crippen molar-refractivity contribution in [3.8, 4) is 0 Å². The lowest BCUT2D eigenvalue weighted by Crippen LogP contribution is -2.49. The molecule has 1 saturated heterocycles. The number of furan rings is 1. The molecule has 0 bridgehead atoms. The van der Waals surface area contributed by atoms with Gasteiger partial charge < -0.3 is 15.1 Å². The second-order valence-electron chi connectivity index (χ2n) is 7.11. The summed E-state index contributed by atoms with van der Waals surface area (Å²) in [5.41, 5.74) is 0. The predicted molar refractivity (Wildman–Crippen MR) is 116 cm³/mol. The van der Waals surface area contributed by atoms with Gasteiger partial charge in [-0.25, -0.2) is 8.42 Å². The van der Waals surface area contributed by atoms with Crippen LogP contribution in [0.25, 0.3) is 0 Å². The summed E-state index contributed by atoms with van der Waals surface area (Å²) in [6.07, 6.45) is 5.35. The summed E-state index contributed by atoms with van der Waals surface area (Å²) in [7, 11) is -1.47. The van der Waals surface area contributed by atoms with E-state index in [1.165, 1.54) is 19.1 Å². The predicted octanol–water partition coefficient (Wildman–Crippen LogP) is 2.02. The SMILES string of the molecule is CN=C(NCC(c1ccco1)N1CCCC1)NCC(C)(C)S(C)(=O)=O.I. The van der Waals surface area contributed by atoms with Crippen molar-refractivity contribution in [3.05, 3.63) is 24.2 Å². The first-order valence-electron chi connectivity index (χ1n) is 8.66. The molecule has 0 aromatic carbocycles. The van der Waals surface area contributed by atoms with Crippen LogP contribution < -0.4 is 10.6 Å². The maximum absolute atomic E-state index is 11.8. The van der Waals surface area contributed by atoms with Crippen LogP contribution in [0.15, 0.2) is 27.8 Å². The molecule has 150 valence electrons. The average Bonchev–Trinajstić information content (AvgIpc) is 3.23. The van der Waals surface area contributed by atoms with Crippen molar-refractivity contribution in [1.29, 1.82) is 0 Å². The third-order valence-electron chi connectivity index (χ3n) is 4.82. The lowest BCUT2D eigenvalue weighted by Gasteiger charge is -2.28. The topological polar surface area (TPSA) is 86.9 Å². The highest BCUT2D eigenvalue weighted by molar-refractivity contribution is 14.0. The number of halogens is 1. The van der Waals surface area contributed by atoms with Crippen molar-refractivity contribution in [3.63, 3.8) is 0 Å². The fraction of sp³-hybridized carbons (Fsp3) is 0.706. The van der Waals surface area contributed by atoms with Crippen molar-refractivity contribution in [2.45, 2.75) is 37.5 Å². The van der Waals surface area contributed by atoms with Gasteiger partial charge in [0.25, 0.3) is 0 Å². The van der Waals surface area contributed by atoms with Gasteiger partial charge in [0.2, 0.25) is 0 Å². The third kappa shape index (κ3) is 6.12. The van der Waals surface area contributed by atoms with E-state index in [-0.39, 0.29) is 30.0 Å². The van der Waals surface area contributed by atoms with Gasteiger partial charge >= 0.3 is 0 Å². The monoisotopic (exact) mass is 498 g/mol. The molecule has 1 aromatic heterocycles. The molecule has 2 rings (SSSR count). The number of rotatable bonds is 7. The van der Waals surface area contributed by atoms with Crippen LogP contribution in [0, 0.1) is 0 Å². The first-order chi connectivity index (χ1) is 11.7. The van der Waals surface area contributed by atoms with Crippen LogP contribution in [0.5, 0.6) is 0 Å². The summed E-state index contributed by atoms with van der Waals surface area (Å²) >= 11 is 0. The number of nitrogens with zero attached hydrogens (tertiary/aromatic N) is 2. The molecule has 0 aliphatic carbocycles. The molecular formula is C17H31IN4O3S. The van der Waals surface area contributed by atoms with Crippen LogP contribution in [-0.4, -0.2) is 63.5 Å². The minimum absolute atomic E-state index is 0. The highest BCUT2D eigenvalue weighted by Crippen LogP contribution is 2.24. The highest BCUT2D eigenvalue weighted by Gasteiger charge is 2.30. The van der Waals surface area contributed by atoms with E-state index in [9.17, 15) is 8.42 Å². The molecule has 1 fully saturated rings. The fourth-order valence-corrected chi connectivity index (χ4v) is 3.12. The van der Waals surface area contributed by atoms with Gasteiger partial charge in [-0.1, -0.05) is 0 Å². The smallest absolute Gasteiger partial charge is 0.191 e. The second kappa shape index (κ2) is 9.93. The van der Waals surface area contributed by atoms with Crippen LogP contribution >= 0.6 is 24.0 Å². The van der Waals surface area contributed by atoms with Crippen molar-refractivity contribution in [2.75, 3.05) is 39.5 Å². The Bertz CT molecular complexity index is 668. The second-order valence-corrected chi connectivity index (χ2v) is 9.76. The molecule has 26 heavy (non-hydrogen) atoms. The molecule has 9 heteroatoms. The van der Waals surface area contributed by atoms with Gasteiger partial charge in [-0.2, -0.15) is 0 Å². The van der Waals surface area contributed by atoms with Crippen molar-refractivity contribution >= 4 is 39.8 Å². The van der Waals surface area contributed by atoms with Gasteiger partial charge in [0.1, 0.15) is 5.76 Å². The third-order valence-corrected chi connectivity index (χ3v) is 6.98. The fourth-order valence-electron chi connectivity index (χ4n) is 2.79. The molecule has 0 saturated carbocycles. The molecule has 1 atom stereocenters. The van der Waals surface area contributed by atoms with Crippen molar-refractivity contribution in [1.82, 2.24) is 15.5 Å². The molecule has 1 aliphatic heterocycles. The van der Waals surface area contributed by atoms with E-state index in [0.717, 1.165) is 18.8 Å². The Balaban J connectivity index is 0.00000338. The molecule has 2 heterocycles. The summed E-state index contributed by atoms with van der Waals surface area (Å²) in [6.45, 7) is 6.46. The molecule has 2 N–H and O–H groups in total. The number of nitrogens with one attached hydrogen (secondary N) is 2. The first-order valence-corrected chi connectivity index (χ1v) is 10.6. The maximum Gasteiger partial charge on any atom is 0.191 e. The summed E-state index contributed by atoms with van der Waals surface area (Å²) in [6, 6.07) is 4.03. The molecule has 1 unspecified atom stereocenters. The largest absolute Gasteiger partial charge is 0.468 e. The molecular weight excluding hydrogens is 467 g/mol. The Kier molecular flexibility index (Phi) is 8.87. The zero-order valence-corrected chi connectivity index (χ0v) is 19.1.